The average molecular weight is 344 g/mol. The first-order chi connectivity index (χ1) is 12.1. The molecule has 1 aliphatic heterocycles. The highest BCUT2D eigenvalue weighted by Gasteiger charge is 2.29. The molecule has 2 aromatic heterocycles. The summed E-state index contributed by atoms with van der Waals surface area (Å²) in [6.07, 6.45) is 5.43. The monoisotopic (exact) mass is 344 g/mol. The van der Waals surface area contributed by atoms with Gasteiger partial charge in [0.15, 0.2) is 5.76 Å². The predicted octanol–water partition coefficient (Wildman–Crippen LogP) is 2.94. The van der Waals surface area contributed by atoms with Gasteiger partial charge in [-0.05, 0) is 38.3 Å². The fourth-order valence-corrected chi connectivity index (χ4v) is 3.07. The number of hydrogen-bond donors (Lipinski definition) is 1. The van der Waals surface area contributed by atoms with Gasteiger partial charge in [-0.1, -0.05) is 6.92 Å². The van der Waals surface area contributed by atoms with Gasteiger partial charge in [0.1, 0.15) is 5.82 Å². The molecule has 0 saturated carbocycles. The molecule has 25 heavy (non-hydrogen) atoms. The summed E-state index contributed by atoms with van der Waals surface area (Å²) in [6.45, 7) is 5.27. The predicted molar refractivity (Wildman–Crippen MR) is 93.2 cm³/mol. The Morgan fingerprint density at radius 1 is 1.36 bits per heavy atom. The molecule has 1 N–H and O–H groups in total. The minimum Gasteiger partial charge on any atom is -0.459 e. The van der Waals surface area contributed by atoms with E-state index in [1.165, 1.54) is 6.26 Å². The number of rotatable bonds is 5. The van der Waals surface area contributed by atoms with Crippen LogP contribution in [0.3, 0.4) is 0 Å². The smallest absolute Gasteiger partial charge is 0.289 e. The Bertz CT molecular complexity index is 715. The van der Waals surface area contributed by atoms with Crippen molar-refractivity contribution in [1.29, 1.82) is 0 Å². The Hall–Kier alpha value is -2.57. The summed E-state index contributed by atoms with van der Waals surface area (Å²) in [6, 6.07) is 5.42. The Morgan fingerprint density at radius 2 is 2.12 bits per heavy atom. The van der Waals surface area contributed by atoms with Gasteiger partial charge in [0.05, 0.1) is 18.5 Å². The van der Waals surface area contributed by atoms with Crippen LogP contribution >= 0.6 is 0 Å². The second-order valence-corrected chi connectivity index (χ2v) is 6.45. The highest BCUT2D eigenvalue weighted by molar-refractivity contribution is 5.93. The molecule has 134 valence electrons. The summed E-state index contributed by atoms with van der Waals surface area (Å²) in [5, 5.41) is 7.27. The van der Waals surface area contributed by atoms with Gasteiger partial charge in [-0.25, -0.2) is 4.68 Å². The molecule has 0 aromatic carbocycles. The quantitative estimate of drug-likeness (QED) is 0.904. The van der Waals surface area contributed by atoms with Gasteiger partial charge in [-0.3, -0.25) is 9.59 Å². The zero-order valence-electron chi connectivity index (χ0n) is 14.6. The van der Waals surface area contributed by atoms with Gasteiger partial charge >= 0.3 is 0 Å². The van der Waals surface area contributed by atoms with Gasteiger partial charge < -0.3 is 14.6 Å². The Kier molecular flexibility index (Phi) is 5.21. The van der Waals surface area contributed by atoms with Gasteiger partial charge in [-0.2, -0.15) is 5.10 Å². The zero-order valence-corrected chi connectivity index (χ0v) is 14.6. The molecule has 1 saturated heterocycles. The lowest BCUT2D eigenvalue weighted by molar-refractivity contribution is -0.121. The van der Waals surface area contributed by atoms with E-state index in [2.05, 4.69) is 24.3 Å². The van der Waals surface area contributed by atoms with Crippen LogP contribution in [0.25, 0.3) is 0 Å². The minimum absolute atomic E-state index is 0.00449. The normalized spacial score (nSPS) is 16.6. The lowest BCUT2D eigenvalue weighted by atomic mass is 9.95. The van der Waals surface area contributed by atoms with E-state index in [9.17, 15) is 9.59 Å². The van der Waals surface area contributed by atoms with Crippen molar-refractivity contribution in [2.75, 3.05) is 18.4 Å². The fraction of sp³-hybridized carbons (Fsp3) is 0.500. The van der Waals surface area contributed by atoms with Crippen molar-refractivity contribution in [1.82, 2.24) is 14.7 Å². The number of anilines is 1. The van der Waals surface area contributed by atoms with Crippen molar-refractivity contribution in [3.05, 3.63) is 36.4 Å². The van der Waals surface area contributed by atoms with Crippen molar-refractivity contribution in [2.45, 2.75) is 39.2 Å². The molecule has 0 aliphatic carbocycles. The lowest BCUT2D eigenvalue weighted by Gasteiger charge is -2.30. The summed E-state index contributed by atoms with van der Waals surface area (Å²) in [5.74, 6) is 0.864. The van der Waals surface area contributed by atoms with Crippen LogP contribution in [-0.4, -0.2) is 39.6 Å². The van der Waals surface area contributed by atoms with E-state index in [4.69, 9.17) is 4.42 Å². The number of nitrogens with zero attached hydrogens (tertiary/aromatic N) is 3. The third-order valence-electron chi connectivity index (χ3n) is 4.81. The minimum atomic E-state index is -0.112. The summed E-state index contributed by atoms with van der Waals surface area (Å²) < 4.78 is 7.00. The summed E-state index contributed by atoms with van der Waals surface area (Å²) >= 11 is 0. The van der Waals surface area contributed by atoms with Gasteiger partial charge in [0, 0.05) is 25.1 Å². The van der Waals surface area contributed by atoms with E-state index >= 15 is 0 Å². The number of likely N-dealkylation sites (tertiary alicyclic amines) is 1. The number of carbonyl (C=O) groups excluding carboxylic acids is 2. The first-order valence-corrected chi connectivity index (χ1v) is 8.77. The number of hydrogen-bond acceptors (Lipinski definition) is 4. The standard InChI is InChI=1S/C18H24N4O3/c1-3-13(2)22-16(6-9-19-22)20-17(23)14-7-10-21(11-8-14)18(24)15-5-4-12-25-15/h4-6,9,12-14H,3,7-8,10-11H2,1-2H3,(H,20,23). The largest absolute Gasteiger partial charge is 0.459 e. The number of furan rings is 1. The van der Waals surface area contributed by atoms with Crippen LogP contribution in [0.1, 0.15) is 49.7 Å². The van der Waals surface area contributed by atoms with E-state index in [-0.39, 0.29) is 23.8 Å². The summed E-state index contributed by atoms with van der Waals surface area (Å²) in [5.41, 5.74) is 0. The average Bonchev–Trinajstić information content (AvgIpc) is 3.32. The van der Waals surface area contributed by atoms with E-state index in [1.807, 2.05) is 10.7 Å². The van der Waals surface area contributed by atoms with Gasteiger partial charge in [-0.15, -0.1) is 0 Å². The third-order valence-corrected chi connectivity index (χ3v) is 4.81. The molecule has 3 heterocycles. The van der Waals surface area contributed by atoms with E-state index in [0.29, 0.717) is 31.7 Å². The Balaban J connectivity index is 1.55. The number of piperidine rings is 1. The molecular weight excluding hydrogens is 320 g/mol. The molecule has 2 amide bonds. The molecule has 7 nitrogen and oxygen atoms in total. The molecule has 0 radical (unpaired) electrons. The van der Waals surface area contributed by atoms with Crippen molar-refractivity contribution < 1.29 is 14.0 Å². The summed E-state index contributed by atoms with van der Waals surface area (Å²) in [4.78, 5) is 26.6. The second kappa shape index (κ2) is 7.55. The maximum atomic E-state index is 12.6. The van der Waals surface area contributed by atoms with Crippen LogP contribution < -0.4 is 5.32 Å². The van der Waals surface area contributed by atoms with Crippen molar-refractivity contribution in [3.8, 4) is 0 Å². The van der Waals surface area contributed by atoms with Crippen LogP contribution in [-0.2, 0) is 4.79 Å². The van der Waals surface area contributed by atoms with Crippen molar-refractivity contribution >= 4 is 17.6 Å². The van der Waals surface area contributed by atoms with E-state index in [0.717, 1.165) is 12.2 Å². The number of carbonyl (C=O) groups is 2. The molecule has 1 unspecified atom stereocenters. The topological polar surface area (TPSA) is 80.4 Å². The maximum Gasteiger partial charge on any atom is 0.289 e. The van der Waals surface area contributed by atoms with Crippen LogP contribution in [0.4, 0.5) is 5.82 Å². The Labute approximate surface area is 147 Å². The SMILES string of the molecule is CCC(C)n1nccc1NC(=O)C1CCN(C(=O)c2ccco2)CC1. The fourth-order valence-electron chi connectivity index (χ4n) is 3.07. The summed E-state index contributed by atoms with van der Waals surface area (Å²) in [7, 11) is 0. The molecule has 0 spiro atoms. The molecule has 1 aliphatic rings. The number of aromatic nitrogens is 2. The first kappa shape index (κ1) is 17.3. The van der Waals surface area contributed by atoms with Gasteiger partial charge in [0.25, 0.3) is 5.91 Å². The third kappa shape index (κ3) is 3.75. The van der Waals surface area contributed by atoms with E-state index in [1.54, 1.807) is 23.2 Å². The van der Waals surface area contributed by atoms with Crippen LogP contribution in [0, 0.1) is 5.92 Å². The highest BCUT2D eigenvalue weighted by Crippen LogP contribution is 2.22. The number of nitrogens with one attached hydrogen (secondary N) is 1. The molecule has 2 aromatic rings. The molecule has 1 fully saturated rings. The first-order valence-electron chi connectivity index (χ1n) is 8.77. The molecule has 7 heteroatoms. The van der Waals surface area contributed by atoms with Crippen LogP contribution in [0.2, 0.25) is 0 Å². The lowest BCUT2D eigenvalue weighted by Crippen LogP contribution is -2.41. The van der Waals surface area contributed by atoms with Crippen molar-refractivity contribution in [2.24, 2.45) is 5.92 Å². The molecule has 3 rings (SSSR count). The van der Waals surface area contributed by atoms with E-state index < -0.39 is 0 Å². The number of amides is 2. The molecule has 0 bridgehead atoms. The van der Waals surface area contributed by atoms with Crippen LogP contribution in [0.5, 0.6) is 0 Å². The second-order valence-electron chi connectivity index (χ2n) is 6.45. The molecule has 1 atom stereocenters. The van der Waals surface area contributed by atoms with Gasteiger partial charge in [0.2, 0.25) is 5.91 Å². The van der Waals surface area contributed by atoms with Crippen LogP contribution in [0.15, 0.2) is 35.1 Å². The highest BCUT2D eigenvalue weighted by atomic mass is 16.3. The molecular formula is C18H24N4O3. The maximum absolute atomic E-state index is 12.6. The zero-order chi connectivity index (χ0) is 17.8. The Morgan fingerprint density at radius 3 is 2.76 bits per heavy atom. The van der Waals surface area contributed by atoms with Crippen molar-refractivity contribution in [3.63, 3.8) is 0 Å².